The molecule has 0 saturated carbocycles. The third kappa shape index (κ3) is 4.09. The first kappa shape index (κ1) is 12.9. The van der Waals surface area contributed by atoms with Crippen molar-refractivity contribution in [2.24, 2.45) is 0 Å². The molecule has 0 aliphatic rings. The molecule has 1 rings (SSSR count). The monoisotopic (exact) mass is 235 g/mol. The summed E-state index contributed by atoms with van der Waals surface area (Å²) >= 11 is 0. The number of carbonyl (C=O) groups is 1. The molecule has 6 nitrogen and oxygen atoms in total. The second-order valence-corrected chi connectivity index (χ2v) is 3.36. The van der Waals surface area contributed by atoms with E-state index in [1.165, 1.54) is 19.4 Å². The number of hydrogen-bond donors (Lipinski definition) is 2. The van der Waals surface area contributed by atoms with Crippen molar-refractivity contribution in [1.29, 1.82) is 5.26 Å². The molecule has 1 atom stereocenters. The number of carboxylic acids is 1. The zero-order chi connectivity index (χ0) is 12.7. The molecule has 17 heavy (non-hydrogen) atoms. The SMILES string of the molecule is COCCC(Nc1ccnc(C#N)c1)C(=O)O. The number of nitriles is 1. The third-order valence-corrected chi connectivity index (χ3v) is 2.12. The first-order valence-electron chi connectivity index (χ1n) is 5.02. The highest BCUT2D eigenvalue weighted by atomic mass is 16.5. The Morgan fingerprint density at radius 2 is 2.53 bits per heavy atom. The van der Waals surface area contributed by atoms with Crippen LogP contribution < -0.4 is 5.32 Å². The van der Waals surface area contributed by atoms with Gasteiger partial charge in [0.25, 0.3) is 0 Å². The fourth-order valence-corrected chi connectivity index (χ4v) is 1.28. The zero-order valence-electron chi connectivity index (χ0n) is 9.38. The van der Waals surface area contributed by atoms with Crippen molar-refractivity contribution in [3.05, 3.63) is 24.0 Å². The third-order valence-electron chi connectivity index (χ3n) is 2.12. The Bertz CT molecular complexity index is 428. The van der Waals surface area contributed by atoms with E-state index in [2.05, 4.69) is 10.3 Å². The van der Waals surface area contributed by atoms with Crippen molar-refractivity contribution in [2.75, 3.05) is 19.0 Å². The average Bonchev–Trinajstić information content (AvgIpc) is 2.34. The largest absolute Gasteiger partial charge is 0.480 e. The van der Waals surface area contributed by atoms with Gasteiger partial charge in [-0.25, -0.2) is 9.78 Å². The first-order chi connectivity index (χ1) is 8.17. The molecule has 0 aromatic carbocycles. The standard InChI is InChI=1S/C11H13N3O3/c1-17-5-3-10(11(15)16)14-8-2-4-13-9(6-8)7-12/h2,4,6,10H,3,5H2,1H3,(H,13,14)(H,15,16). The highest BCUT2D eigenvalue weighted by Crippen LogP contribution is 2.10. The molecule has 90 valence electrons. The van der Waals surface area contributed by atoms with Gasteiger partial charge in [0.2, 0.25) is 0 Å². The Kier molecular flexibility index (Phi) is 4.91. The lowest BCUT2D eigenvalue weighted by Gasteiger charge is -2.15. The second kappa shape index (κ2) is 6.45. The minimum Gasteiger partial charge on any atom is -0.480 e. The van der Waals surface area contributed by atoms with E-state index < -0.39 is 12.0 Å². The predicted molar refractivity (Wildman–Crippen MR) is 60.5 cm³/mol. The molecule has 1 aromatic heterocycles. The number of aliphatic carboxylic acids is 1. The lowest BCUT2D eigenvalue weighted by Crippen LogP contribution is -2.30. The van der Waals surface area contributed by atoms with E-state index in [0.717, 1.165) is 0 Å². The molecule has 1 heterocycles. The van der Waals surface area contributed by atoms with Crippen LogP contribution in [0.4, 0.5) is 5.69 Å². The number of methoxy groups -OCH3 is 1. The summed E-state index contributed by atoms with van der Waals surface area (Å²) in [6.07, 6.45) is 1.80. The van der Waals surface area contributed by atoms with Gasteiger partial charge in [0.05, 0.1) is 0 Å². The van der Waals surface area contributed by atoms with Crippen LogP contribution in [0.25, 0.3) is 0 Å². The van der Waals surface area contributed by atoms with Gasteiger partial charge in [-0.15, -0.1) is 0 Å². The van der Waals surface area contributed by atoms with Crippen LogP contribution in [0.2, 0.25) is 0 Å². The summed E-state index contributed by atoms with van der Waals surface area (Å²) in [6.45, 7) is 0.347. The highest BCUT2D eigenvalue weighted by Gasteiger charge is 2.16. The smallest absolute Gasteiger partial charge is 0.326 e. The fraction of sp³-hybridized carbons (Fsp3) is 0.364. The van der Waals surface area contributed by atoms with Crippen molar-refractivity contribution in [3.63, 3.8) is 0 Å². The van der Waals surface area contributed by atoms with E-state index in [1.54, 1.807) is 6.07 Å². The molecule has 0 aliphatic carbocycles. The van der Waals surface area contributed by atoms with Crippen molar-refractivity contribution < 1.29 is 14.6 Å². The van der Waals surface area contributed by atoms with E-state index in [-0.39, 0.29) is 5.69 Å². The van der Waals surface area contributed by atoms with Crippen LogP contribution in [0.5, 0.6) is 0 Å². The molecule has 2 N–H and O–H groups in total. The van der Waals surface area contributed by atoms with Crippen LogP contribution in [-0.2, 0) is 9.53 Å². The van der Waals surface area contributed by atoms with Crippen LogP contribution in [0.15, 0.2) is 18.3 Å². The second-order valence-electron chi connectivity index (χ2n) is 3.36. The van der Waals surface area contributed by atoms with E-state index in [0.29, 0.717) is 18.7 Å². The molecule has 1 aromatic rings. The Labute approximate surface area is 98.9 Å². The fourth-order valence-electron chi connectivity index (χ4n) is 1.28. The van der Waals surface area contributed by atoms with Crippen LogP contribution >= 0.6 is 0 Å². The Morgan fingerprint density at radius 3 is 3.12 bits per heavy atom. The molecule has 0 radical (unpaired) electrons. The topological polar surface area (TPSA) is 95.2 Å². The number of carboxylic acid groups (broad SMARTS) is 1. The molecule has 0 aliphatic heterocycles. The average molecular weight is 235 g/mol. The number of pyridine rings is 1. The first-order valence-corrected chi connectivity index (χ1v) is 5.02. The van der Waals surface area contributed by atoms with Crippen LogP contribution in [0.1, 0.15) is 12.1 Å². The summed E-state index contributed by atoms with van der Waals surface area (Å²) in [5, 5.41) is 20.5. The zero-order valence-corrected chi connectivity index (χ0v) is 9.38. The highest BCUT2D eigenvalue weighted by molar-refractivity contribution is 5.77. The number of hydrogen-bond acceptors (Lipinski definition) is 5. The van der Waals surface area contributed by atoms with E-state index in [9.17, 15) is 4.79 Å². The number of ether oxygens (including phenoxy) is 1. The summed E-state index contributed by atoms with van der Waals surface area (Å²) in [5.74, 6) is -0.961. The minimum atomic E-state index is -0.961. The molecule has 0 saturated heterocycles. The lowest BCUT2D eigenvalue weighted by atomic mass is 10.2. The van der Waals surface area contributed by atoms with Gasteiger partial charge in [0.1, 0.15) is 17.8 Å². The van der Waals surface area contributed by atoms with Crippen molar-refractivity contribution >= 4 is 11.7 Å². The summed E-state index contributed by atoms with van der Waals surface area (Å²) < 4.78 is 4.84. The number of anilines is 1. The molecule has 0 bridgehead atoms. The number of rotatable bonds is 6. The van der Waals surface area contributed by atoms with E-state index in [4.69, 9.17) is 15.1 Å². The normalized spacial score (nSPS) is 11.5. The number of nitrogens with zero attached hydrogens (tertiary/aromatic N) is 2. The lowest BCUT2D eigenvalue weighted by molar-refractivity contribution is -0.138. The maximum absolute atomic E-state index is 11.0. The van der Waals surface area contributed by atoms with Crippen LogP contribution in [0, 0.1) is 11.3 Å². The maximum Gasteiger partial charge on any atom is 0.326 e. The molecule has 0 fully saturated rings. The molecule has 1 unspecified atom stereocenters. The summed E-state index contributed by atoms with van der Waals surface area (Å²) in [7, 11) is 1.51. The van der Waals surface area contributed by atoms with E-state index >= 15 is 0 Å². The number of aromatic nitrogens is 1. The van der Waals surface area contributed by atoms with Gasteiger partial charge in [-0.05, 0) is 12.1 Å². The molecule has 0 spiro atoms. The van der Waals surface area contributed by atoms with Gasteiger partial charge in [0.15, 0.2) is 0 Å². The van der Waals surface area contributed by atoms with Gasteiger partial charge in [-0.3, -0.25) is 0 Å². The Hall–Kier alpha value is -2.13. The van der Waals surface area contributed by atoms with Crippen molar-refractivity contribution in [2.45, 2.75) is 12.5 Å². The van der Waals surface area contributed by atoms with Crippen LogP contribution in [0.3, 0.4) is 0 Å². The van der Waals surface area contributed by atoms with Gasteiger partial charge < -0.3 is 15.2 Å². The summed E-state index contributed by atoms with van der Waals surface area (Å²) in [6, 6.07) is 4.26. The Balaban J connectivity index is 2.72. The van der Waals surface area contributed by atoms with E-state index in [1.807, 2.05) is 6.07 Å². The quantitative estimate of drug-likeness (QED) is 0.759. The molecule has 6 heteroatoms. The van der Waals surface area contributed by atoms with Gasteiger partial charge >= 0.3 is 5.97 Å². The van der Waals surface area contributed by atoms with Gasteiger partial charge in [-0.2, -0.15) is 5.26 Å². The van der Waals surface area contributed by atoms with Gasteiger partial charge in [0, 0.05) is 32.0 Å². The number of nitrogens with one attached hydrogen (secondary N) is 1. The van der Waals surface area contributed by atoms with Crippen molar-refractivity contribution in [3.8, 4) is 6.07 Å². The molecular weight excluding hydrogens is 222 g/mol. The molecular formula is C11H13N3O3. The Morgan fingerprint density at radius 1 is 1.76 bits per heavy atom. The minimum absolute atomic E-state index is 0.242. The summed E-state index contributed by atoms with van der Waals surface area (Å²) in [5.41, 5.74) is 0.797. The van der Waals surface area contributed by atoms with Crippen LogP contribution in [-0.4, -0.2) is 35.8 Å². The van der Waals surface area contributed by atoms with Crippen molar-refractivity contribution in [1.82, 2.24) is 4.98 Å². The summed E-state index contributed by atoms with van der Waals surface area (Å²) in [4.78, 5) is 14.8. The van der Waals surface area contributed by atoms with Gasteiger partial charge in [-0.1, -0.05) is 0 Å². The maximum atomic E-state index is 11.0. The molecule has 0 amide bonds. The predicted octanol–water partition coefficient (Wildman–Crippen LogP) is 0.855.